The second kappa shape index (κ2) is 3.84. The topological polar surface area (TPSA) is 26.0 Å². The van der Waals surface area contributed by atoms with Crippen LogP contribution in [0.1, 0.15) is 26.3 Å². The third-order valence-corrected chi connectivity index (χ3v) is 2.15. The first-order chi connectivity index (χ1) is 6.07. The molecule has 0 saturated carbocycles. The van der Waals surface area contributed by atoms with Crippen molar-refractivity contribution in [2.45, 2.75) is 26.2 Å². The summed E-state index contributed by atoms with van der Waals surface area (Å²) in [4.78, 5) is 3.95. The third kappa shape index (κ3) is 2.05. The van der Waals surface area contributed by atoms with Gasteiger partial charge in [0, 0.05) is 20.4 Å². The van der Waals surface area contributed by atoms with Crippen molar-refractivity contribution >= 4 is 11.1 Å². The van der Waals surface area contributed by atoms with Gasteiger partial charge in [-0.25, -0.2) is 0 Å². The van der Waals surface area contributed by atoms with E-state index in [1.807, 2.05) is 12.1 Å². The van der Waals surface area contributed by atoms with E-state index >= 15 is 0 Å². The zero-order valence-corrected chi connectivity index (χ0v) is 11.2. The monoisotopic (exact) mass is 361 g/mol. The summed E-state index contributed by atoms with van der Waals surface area (Å²) < 4.78 is 5.12. The molecule has 2 aromatic rings. The van der Waals surface area contributed by atoms with Crippen molar-refractivity contribution in [2.24, 2.45) is 0 Å². The largest absolute Gasteiger partial charge is 0.573 e. The Morgan fingerprint density at radius 2 is 2.00 bits per heavy atom. The predicted molar refractivity (Wildman–Crippen MR) is 51.5 cm³/mol. The minimum absolute atomic E-state index is 0. The van der Waals surface area contributed by atoms with Crippen molar-refractivity contribution in [1.29, 1.82) is 0 Å². The number of fused-ring (bicyclic) bond motifs is 1. The van der Waals surface area contributed by atoms with Crippen LogP contribution in [0.4, 0.5) is 0 Å². The Morgan fingerprint density at radius 1 is 1.29 bits per heavy atom. The summed E-state index contributed by atoms with van der Waals surface area (Å²) in [5.41, 5.74) is 3.09. The number of nitrogens with zero attached hydrogens (tertiary/aromatic N) is 1. The number of aromatic nitrogens is 1. The Hall–Kier alpha value is -0.648. The molecule has 0 N–H and O–H groups in total. The van der Waals surface area contributed by atoms with Crippen LogP contribution >= 0.6 is 0 Å². The number of hydrogen-bond donors (Lipinski definition) is 0. The average molecular weight is 360 g/mol. The van der Waals surface area contributed by atoms with Gasteiger partial charge in [0.25, 0.3) is 0 Å². The zero-order chi connectivity index (χ0) is 9.47. The number of rotatable bonds is 0. The van der Waals surface area contributed by atoms with Gasteiger partial charge in [0.2, 0.25) is 0 Å². The minimum Gasteiger partial charge on any atom is -0.573 e. The molecule has 75 valence electrons. The van der Waals surface area contributed by atoms with Gasteiger partial charge in [-0.3, -0.25) is 0 Å². The molecule has 0 aliphatic rings. The summed E-state index contributed by atoms with van der Waals surface area (Å²) in [7, 11) is 0. The number of oxazole rings is 1. The van der Waals surface area contributed by atoms with Crippen LogP contribution in [-0.4, -0.2) is 4.98 Å². The van der Waals surface area contributed by atoms with Crippen LogP contribution in [0.3, 0.4) is 0 Å². The molecule has 0 fully saturated rings. The van der Waals surface area contributed by atoms with E-state index in [0.29, 0.717) is 0 Å². The van der Waals surface area contributed by atoms with E-state index in [9.17, 15) is 0 Å². The van der Waals surface area contributed by atoms with Gasteiger partial charge >= 0.3 is 0 Å². The van der Waals surface area contributed by atoms with Crippen molar-refractivity contribution in [2.75, 3.05) is 0 Å². The van der Waals surface area contributed by atoms with E-state index in [0.717, 1.165) is 11.1 Å². The molecule has 3 heteroatoms. The van der Waals surface area contributed by atoms with Gasteiger partial charge in [0.1, 0.15) is 6.39 Å². The van der Waals surface area contributed by atoms with Gasteiger partial charge in [0.05, 0.1) is 0 Å². The molecule has 0 spiro atoms. The molecule has 1 aromatic carbocycles. The third-order valence-electron chi connectivity index (χ3n) is 2.15. The second-order valence-electron chi connectivity index (χ2n) is 4.24. The molecule has 0 bridgehead atoms. The molecule has 0 amide bonds. The molecule has 1 heterocycles. The molecule has 0 aliphatic carbocycles. The van der Waals surface area contributed by atoms with Crippen LogP contribution in [-0.2, 0) is 25.8 Å². The van der Waals surface area contributed by atoms with Crippen LogP contribution in [0.15, 0.2) is 22.6 Å². The first kappa shape index (κ1) is 11.4. The van der Waals surface area contributed by atoms with Gasteiger partial charge in [-0.15, -0.1) is 6.07 Å². The van der Waals surface area contributed by atoms with Crippen molar-refractivity contribution in [3.8, 4) is 0 Å². The van der Waals surface area contributed by atoms with Gasteiger partial charge in [0.15, 0.2) is 0 Å². The zero-order valence-electron chi connectivity index (χ0n) is 8.47. The molecular formula is C11H12NORe-. The van der Waals surface area contributed by atoms with E-state index in [1.54, 1.807) is 0 Å². The molecule has 14 heavy (non-hydrogen) atoms. The summed E-state index contributed by atoms with van der Waals surface area (Å²) in [6.07, 6.45) is 2.49. The van der Waals surface area contributed by atoms with Crippen LogP contribution in [0.2, 0.25) is 0 Å². The van der Waals surface area contributed by atoms with E-state index in [2.05, 4.69) is 38.2 Å². The predicted octanol–water partition coefficient (Wildman–Crippen LogP) is 2.92. The first-order valence-electron chi connectivity index (χ1n) is 4.34. The molecular weight excluding hydrogens is 348 g/mol. The summed E-state index contributed by atoms with van der Waals surface area (Å²) >= 11 is 0. The van der Waals surface area contributed by atoms with Crippen LogP contribution < -0.4 is 0 Å². The van der Waals surface area contributed by atoms with Gasteiger partial charge in [-0.05, 0) is 16.5 Å². The fraction of sp³-hybridized carbons (Fsp3) is 0.364. The van der Waals surface area contributed by atoms with E-state index in [4.69, 9.17) is 4.42 Å². The Morgan fingerprint density at radius 3 is 2.64 bits per heavy atom. The van der Waals surface area contributed by atoms with Crippen LogP contribution in [0, 0.1) is 6.39 Å². The van der Waals surface area contributed by atoms with Crippen molar-refractivity contribution in [3.63, 3.8) is 0 Å². The molecule has 2 nitrogen and oxygen atoms in total. The Balaban J connectivity index is 0.000000980. The van der Waals surface area contributed by atoms with Gasteiger partial charge in [-0.1, -0.05) is 38.5 Å². The average Bonchev–Trinajstić information content (AvgIpc) is 2.47. The summed E-state index contributed by atoms with van der Waals surface area (Å²) in [5, 5.41) is 0. The molecule has 1 radical (unpaired) electrons. The van der Waals surface area contributed by atoms with Crippen molar-refractivity contribution < 1.29 is 24.8 Å². The number of hydrogen-bond acceptors (Lipinski definition) is 2. The maximum absolute atomic E-state index is 5.12. The summed E-state index contributed by atoms with van der Waals surface area (Å²) in [5.74, 6) is 0. The summed E-state index contributed by atoms with van der Waals surface area (Å²) in [6, 6.07) is 6.08. The molecule has 0 unspecified atom stereocenters. The Kier molecular flexibility index (Phi) is 3.14. The molecule has 0 saturated heterocycles. The standard InChI is InChI=1S/C11H12NO.Re/c1-11(2,3)8-4-5-9-10(6-8)13-7-12-9;/h4-6H,1-3H3;/q-1;. The smallest absolute Gasteiger partial charge is 0.103 e. The second-order valence-corrected chi connectivity index (χ2v) is 4.24. The molecule has 1 aromatic heterocycles. The van der Waals surface area contributed by atoms with Crippen molar-refractivity contribution in [3.05, 3.63) is 30.2 Å². The Bertz CT molecular complexity index is 428. The van der Waals surface area contributed by atoms with E-state index in [-0.39, 0.29) is 25.8 Å². The SMILES string of the molecule is CC(C)(C)c1ccc2n[c-]oc2c1.[Re]. The number of benzene rings is 1. The van der Waals surface area contributed by atoms with E-state index in [1.165, 1.54) is 5.56 Å². The Labute approximate surface area is 97.4 Å². The van der Waals surface area contributed by atoms with Gasteiger partial charge < -0.3 is 9.40 Å². The van der Waals surface area contributed by atoms with E-state index < -0.39 is 0 Å². The molecule has 0 atom stereocenters. The quantitative estimate of drug-likeness (QED) is 0.675. The fourth-order valence-electron chi connectivity index (χ4n) is 1.28. The molecule has 2 rings (SSSR count). The fourth-order valence-corrected chi connectivity index (χ4v) is 1.28. The van der Waals surface area contributed by atoms with Crippen LogP contribution in [0.25, 0.3) is 11.1 Å². The normalized spacial score (nSPS) is 11.4. The first-order valence-corrected chi connectivity index (χ1v) is 4.34. The van der Waals surface area contributed by atoms with Gasteiger partial charge in [-0.2, -0.15) is 0 Å². The maximum Gasteiger partial charge on any atom is 0.103 e. The molecule has 0 aliphatic heterocycles. The van der Waals surface area contributed by atoms with Crippen molar-refractivity contribution in [1.82, 2.24) is 4.98 Å². The maximum atomic E-state index is 5.12. The minimum atomic E-state index is 0. The van der Waals surface area contributed by atoms with Crippen LogP contribution in [0.5, 0.6) is 0 Å². The summed E-state index contributed by atoms with van der Waals surface area (Å²) in [6.45, 7) is 6.52.